The molecule has 0 aliphatic carbocycles. The Labute approximate surface area is 128 Å². The summed E-state index contributed by atoms with van der Waals surface area (Å²) in [4.78, 5) is 0.215. The summed E-state index contributed by atoms with van der Waals surface area (Å²) >= 11 is 0. The number of nitriles is 1. The third-order valence-corrected chi connectivity index (χ3v) is 5.51. The van der Waals surface area contributed by atoms with Crippen LogP contribution in [-0.4, -0.2) is 27.3 Å². The normalized spacial score (nSPS) is 13.7. The van der Waals surface area contributed by atoms with E-state index in [9.17, 15) is 8.42 Å². The molecule has 4 nitrogen and oxygen atoms in total. The van der Waals surface area contributed by atoms with Crippen molar-refractivity contribution in [2.24, 2.45) is 11.3 Å². The molecular weight excluding hydrogens is 284 g/mol. The largest absolute Gasteiger partial charge is 0.315 e. The van der Waals surface area contributed by atoms with E-state index in [1.807, 2.05) is 6.07 Å². The third-order valence-electron chi connectivity index (χ3n) is 3.80. The van der Waals surface area contributed by atoms with Crippen LogP contribution in [0.2, 0.25) is 0 Å². The van der Waals surface area contributed by atoms with Crippen LogP contribution >= 0.6 is 0 Å². The summed E-state index contributed by atoms with van der Waals surface area (Å²) in [7, 11) is -3.34. The van der Waals surface area contributed by atoms with Crippen molar-refractivity contribution in [3.8, 4) is 6.07 Å². The quantitative estimate of drug-likeness (QED) is 0.820. The van der Waals surface area contributed by atoms with Crippen LogP contribution in [0.3, 0.4) is 0 Å². The highest BCUT2D eigenvalue weighted by atomic mass is 32.2. The van der Waals surface area contributed by atoms with Crippen LogP contribution in [0.25, 0.3) is 0 Å². The van der Waals surface area contributed by atoms with E-state index in [1.54, 1.807) is 12.1 Å². The Balaban J connectivity index is 2.56. The fourth-order valence-electron chi connectivity index (χ4n) is 1.71. The first-order chi connectivity index (χ1) is 9.66. The van der Waals surface area contributed by atoms with Crippen LogP contribution in [0.1, 0.15) is 33.3 Å². The first kappa shape index (κ1) is 17.7. The number of hydrogen-bond acceptors (Lipinski definition) is 4. The molecule has 0 radical (unpaired) electrons. The van der Waals surface area contributed by atoms with Crippen LogP contribution in [0.15, 0.2) is 29.2 Å². The first-order valence-corrected chi connectivity index (χ1v) is 8.75. The maximum atomic E-state index is 12.2. The number of nitrogens with zero attached hydrogens (tertiary/aromatic N) is 1. The van der Waals surface area contributed by atoms with Gasteiger partial charge in [0.2, 0.25) is 0 Å². The maximum absolute atomic E-state index is 12.2. The molecule has 1 N–H and O–H groups in total. The smallest absolute Gasteiger partial charge is 0.179 e. The predicted molar refractivity (Wildman–Crippen MR) is 84.7 cm³/mol. The van der Waals surface area contributed by atoms with Gasteiger partial charge in [-0.15, -0.1) is 0 Å². The van der Waals surface area contributed by atoms with Gasteiger partial charge in [0, 0.05) is 6.54 Å². The number of benzene rings is 1. The van der Waals surface area contributed by atoms with Gasteiger partial charge in [0.1, 0.15) is 0 Å². The molecule has 116 valence electrons. The lowest BCUT2D eigenvalue weighted by atomic mass is 9.82. The van der Waals surface area contributed by atoms with Gasteiger partial charge < -0.3 is 5.32 Å². The molecule has 0 aromatic heterocycles. The average Bonchev–Trinajstić information content (AvgIpc) is 2.42. The lowest BCUT2D eigenvalue weighted by Crippen LogP contribution is -2.32. The predicted octanol–water partition coefficient (Wildman–Crippen LogP) is 2.60. The summed E-state index contributed by atoms with van der Waals surface area (Å²) in [6, 6.07) is 8.11. The molecular formula is C16H24N2O2S. The molecule has 5 heteroatoms. The van der Waals surface area contributed by atoms with E-state index in [0.29, 0.717) is 18.0 Å². The van der Waals surface area contributed by atoms with Crippen molar-refractivity contribution in [3.05, 3.63) is 29.8 Å². The van der Waals surface area contributed by atoms with E-state index >= 15 is 0 Å². The summed E-state index contributed by atoms with van der Waals surface area (Å²) < 4.78 is 24.4. The third kappa shape index (κ3) is 5.49. The Hall–Kier alpha value is -1.38. The Morgan fingerprint density at radius 1 is 1.33 bits per heavy atom. The van der Waals surface area contributed by atoms with Gasteiger partial charge in [-0.1, -0.05) is 33.8 Å². The van der Waals surface area contributed by atoms with E-state index < -0.39 is 9.84 Å². The zero-order chi connectivity index (χ0) is 16.1. The minimum atomic E-state index is -3.34. The fraction of sp³-hybridized carbons (Fsp3) is 0.562. The summed E-state index contributed by atoms with van der Waals surface area (Å²) in [6.45, 7) is 9.87. The molecule has 0 heterocycles. The zero-order valence-corrected chi connectivity index (χ0v) is 14.0. The van der Waals surface area contributed by atoms with Crippen molar-refractivity contribution in [2.45, 2.75) is 32.6 Å². The van der Waals surface area contributed by atoms with Crippen LogP contribution in [0, 0.1) is 22.7 Å². The molecule has 0 aliphatic heterocycles. The second kappa shape index (κ2) is 7.06. The number of rotatable bonds is 6. The molecule has 0 aliphatic rings. The Morgan fingerprint density at radius 3 is 2.57 bits per heavy atom. The Kier molecular flexibility index (Phi) is 5.94. The van der Waals surface area contributed by atoms with E-state index in [1.165, 1.54) is 12.1 Å². The Bertz CT molecular complexity index is 610. The summed E-state index contributed by atoms with van der Waals surface area (Å²) in [6.07, 6.45) is 0. The van der Waals surface area contributed by atoms with Crippen LogP contribution < -0.4 is 5.32 Å². The highest BCUT2D eigenvalue weighted by molar-refractivity contribution is 7.91. The minimum Gasteiger partial charge on any atom is -0.315 e. The molecule has 1 aromatic rings. The van der Waals surface area contributed by atoms with Crippen LogP contribution in [0.4, 0.5) is 0 Å². The van der Waals surface area contributed by atoms with Gasteiger partial charge in [0.25, 0.3) is 0 Å². The summed E-state index contributed by atoms with van der Waals surface area (Å²) in [5, 5.41) is 12.0. The van der Waals surface area contributed by atoms with Gasteiger partial charge in [0.15, 0.2) is 9.84 Å². The van der Waals surface area contributed by atoms with Gasteiger partial charge in [-0.2, -0.15) is 5.26 Å². The topological polar surface area (TPSA) is 70.0 Å². The summed E-state index contributed by atoms with van der Waals surface area (Å²) in [5.74, 6) is 0.501. The first-order valence-electron chi connectivity index (χ1n) is 7.10. The van der Waals surface area contributed by atoms with Crippen molar-refractivity contribution in [1.82, 2.24) is 5.32 Å². The number of nitrogens with one attached hydrogen (secondary N) is 1. The molecule has 0 bridgehead atoms. The maximum Gasteiger partial charge on any atom is 0.179 e. The second-order valence-electron chi connectivity index (χ2n) is 6.43. The summed E-state index contributed by atoms with van der Waals surface area (Å²) in [5.41, 5.74) is 0.567. The van der Waals surface area contributed by atoms with E-state index in [4.69, 9.17) is 5.26 Å². The lowest BCUT2D eigenvalue weighted by molar-refractivity contribution is 0.254. The molecule has 1 rings (SSSR count). The van der Waals surface area contributed by atoms with Gasteiger partial charge in [0.05, 0.1) is 22.3 Å². The van der Waals surface area contributed by atoms with Crippen molar-refractivity contribution in [3.63, 3.8) is 0 Å². The van der Waals surface area contributed by atoms with Crippen molar-refractivity contribution in [2.75, 3.05) is 18.8 Å². The van der Waals surface area contributed by atoms with Crippen molar-refractivity contribution in [1.29, 1.82) is 5.26 Å². The molecule has 1 atom stereocenters. The van der Waals surface area contributed by atoms with Gasteiger partial charge >= 0.3 is 0 Å². The molecule has 0 saturated carbocycles. The lowest BCUT2D eigenvalue weighted by Gasteiger charge is -2.27. The fourth-order valence-corrected chi connectivity index (χ4v) is 2.95. The van der Waals surface area contributed by atoms with E-state index in [0.717, 1.165) is 6.54 Å². The van der Waals surface area contributed by atoms with Crippen LogP contribution in [-0.2, 0) is 9.84 Å². The highest BCUT2D eigenvalue weighted by Crippen LogP contribution is 2.24. The Morgan fingerprint density at radius 2 is 2.00 bits per heavy atom. The number of sulfone groups is 1. The highest BCUT2D eigenvalue weighted by Gasteiger charge is 2.20. The molecule has 0 saturated heterocycles. The second-order valence-corrected chi connectivity index (χ2v) is 8.54. The van der Waals surface area contributed by atoms with Gasteiger partial charge in [-0.3, -0.25) is 0 Å². The van der Waals surface area contributed by atoms with Gasteiger partial charge in [-0.05, 0) is 36.1 Å². The molecule has 21 heavy (non-hydrogen) atoms. The van der Waals surface area contributed by atoms with Crippen molar-refractivity contribution >= 4 is 9.84 Å². The SMILES string of the molecule is CC(CNCCS(=O)(=O)c1cccc(C#N)c1)C(C)(C)C. The monoisotopic (exact) mass is 308 g/mol. The molecule has 1 aromatic carbocycles. The molecule has 0 amide bonds. The van der Waals surface area contributed by atoms with Crippen LogP contribution in [0.5, 0.6) is 0 Å². The molecule has 1 unspecified atom stereocenters. The number of hydrogen-bond donors (Lipinski definition) is 1. The standard InChI is InChI=1S/C16H24N2O2S/c1-13(16(2,3)4)12-18-8-9-21(19,20)15-7-5-6-14(10-15)11-17/h5-7,10,13,18H,8-9,12H2,1-4H3. The average molecular weight is 308 g/mol. The molecule has 0 spiro atoms. The van der Waals surface area contributed by atoms with Crippen molar-refractivity contribution < 1.29 is 8.42 Å². The van der Waals surface area contributed by atoms with E-state index in [-0.39, 0.29) is 16.1 Å². The van der Waals surface area contributed by atoms with Gasteiger partial charge in [-0.25, -0.2) is 8.42 Å². The minimum absolute atomic E-state index is 0.0404. The van der Waals surface area contributed by atoms with E-state index in [2.05, 4.69) is 33.0 Å². The molecule has 0 fully saturated rings. The zero-order valence-electron chi connectivity index (χ0n) is 13.2.